The van der Waals surface area contributed by atoms with E-state index in [0.29, 0.717) is 17.4 Å². The minimum atomic E-state index is -0.837. The van der Waals surface area contributed by atoms with E-state index in [-0.39, 0.29) is 18.4 Å². The number of nitrogens with zero attached hydrogens (tertiary/aromatic N) is 2. The highest BCUT2D eigenvalue weighted by atomic mass is 35.5. The Hall–Kier alpha value is -1.56. The van der Waals surface area contributed by atoms with Gasteiger partial charge in [0.05, 0.1) is 12.3 Å². The number of amides is 1. The van der Waals surface area contributed by atoms with Gasteiger partial charge >= 0.3 is 5.97 Å². The molecule has 0 aromatic carbocycles. The van der Waals surface area contributed by atoms with E-state index in [1.807, 2.05) is 0 Å². The first-order valence-corrected chi connectivity index (χ1v) is 6.06. The van der Waals surface area contributed by atoms with Crippen molar-refractivity contribution in [3.63, 3.8) is 0 Å². The zero-order chi connectivity index (χ0) is 13.3. The van der Waals surface area contributed by atoms with Gasteiger partial charge in [0.1, 0.15) is 11.1 Å². The summed E-state index contributed by atoms with van der Waals surface area (Å²) in [7, 11) is 1.70. The van der Waals surface area contributed by atoms with Crippen LogP contribution in [0, 0.1) is 5.92 Å². The van der Waals surface area contributed by atoms with Crippen LogP contribution in [-0.4, -0.2) is 34.8 Å². The van der Waals surface area contributed by atoms with Crippen LogP contribution in [-0.2, 0) is 21.4 Å². The Kier molecular flexibility index (Phi) is 3.56. The molecule has 1 aliphatic rings. The fraction of sp³-hybridized carbons (Fsp3) is 0.545. The van der Waals surface area contributed by atoms with Gasteiger partial charge in [-0.25, -0.2) is 0 Å². The van der Waals surface area contributed by atoms with Gasteiger partial charge in [-0.15, -0.1) is 0 Å². The van der Waals surface area contributed by atoms with Crippen LogP contribution in [0.2, 0.25) is 5.15 Å². The zero-order valence-electron chi connectivity index (χ0n) is 10.1. The average Bonchev–Trinajstić information content (AvgIpc) is 2.84. The van der Waals surface area contributed by atoms with Crippen molar-refractivity contribution in [3.05, 3.63) is 16.9 Å². The Morgan fingerprint density at radius 1 is 1.72 bits per heavy atom. The van der Waals surface area contributed by atoms with Crippen molar-refractivity contribution in [2.24, 2.45) is 13.0 Å². The standard InChI is InChI=1S/C11H14ClN3O3/c1-3-18-11(17)9-6(5-13-10(9)16)7-4-8(12)15(2)14-7/h4,6,9H,3,5H2,1-2H3,(H,13,16)/t6-,9-/m1/s1. The summed E-state index contributed by atoms with van der Waals surface area (Å²) in [6, 6.07) is 1.67. The molecule has 2 heterocycles. The molecule has 18 heavy (non-hydrogen) atoms. The summed E-state index contributed by atoms with van der Waals surface area (Å²) in [5, 5.41) is 7.32. The van der Waals surface area contributed by atoms with Crippen LogP contribution in [0.15, 0.2) is 6.07 Å². The van der Waals surface area contributed by atoms with E-state index in [4.69, 9.17) is 16.3 Å². The van der Waals surface area contributed by atoms with Crippen molar-refractivity contribution >= 4 is 23.5 Å². The molecule has 0 unspecified atom stereocenters. The molecule has 2 rings (SSSR count). The Morgan fingerprint density at radius 3 is 3.00 bits per heavy atom. The maximum Gasteiger partial charge on any atom is 0.319 e. The molecule has 0 spiro atoms. The highest BCUT2D eigenvalue weighted by molar-refractivity contribution is 6.29. The first-order chi connectivity index (χ1) is 8.54. The third-order valence-corrected chi connectivity index (χ3v) is 3.30. The van der Waals surface area contributed by atoms with Gasteiger partial charge < -0.3 is 10.1 Å². The lowest BCUT2D eigenvalue weighted by Gasteiger charge is -2.12. The molecule has 1 saturated heterocycles. The molecule has 1 amide bonds. The maximum atomic E-state index is 11.8. The van der Waals surface area contributed by atoms with Gasteiger partial charge in [0.25, 0.3) is 0 Å². The normalized spacial score (nSPS) is 22.9. The number of ether oxygens (including phenoxy) is 1. The second-order valence-electron chi connectivity index (χ2n) is 4.10. The molecular weight excluding hydrogens is 258 g/mol. The molecule has 7 heteroatoms. The van der Waals surface area contributed by atoms with Crippen LogP contribution in [0.1, 0.15) is 18.5 Å². The molecule has 1 fully saturated rings. The van der Waals surface area contributed by atoms with Crippen molar-refractivity contribution in [1.29, 1.82) is 0 Å². The van der Waals surface area contributed by atoms with E-state index in [0.717, 1.165) is 0 Å². The van der Waals surface area contributed by atoms with Crippen molar-refractivity contribution < 1.29 is 14.3 Å². The Balaban J connectivity index is 2.26. The molecular formula is C11H14ClN3O3. The lowest BCUT2D eigenvalue weighted by Crippen LogP contribution is -2.29. The molecule has 1 aromatic heterocycles. The molecule has 1 N–H and O–H groups in total. The number of halogens is 1. The molecule has 1 aliphatic heterocycles. The van der Waals surface area contributed by atoms with E-state index < -0.39 is 11.9 Å². The van der Waals surface area contributed by atoms with E-state index in [2.05, 4.69) is 10.4 Å². The van der Waals surface area contributed by atoms with Gasteiger partial charge in [0.15, 0.2) is 0 Å². The first kappa shape index (κ1) is 12.9. The van der Waals surface area contributed by atoms with Crippen LogP contribution in [0.3, 0.4) is 0 Å². The molecule has 6 nitrogen and oxygen atoms in total. The van der Waals surface area contributed by atoms with E-state index in [1.54, 1.807) is 20.0 Å². The Bertz CT molecular complexity index is 466. The van der Waals surface area contributed by atoms with Gasteiger partial charge in [-0.3, -0.25) is 14.3 Å². The number of hydrogen-bond acceptors (Lipinski definition) is 4. The Morgan fingerprint density at radius 2 is 2.44 bits per heavy atom. The third kappa shape index (κ3) is 2.20. The van der Waals surface area contributed by atoms with Crippen LogP contribution in [0.4, 0.5) is 0 Å². The first-order valence-electron chi connectivity index (χ1n) is 5.68. The molecule has 0 aliphatic carbocycles. The summed E-state index contributed by atoms with van der Waals surface area (Å²) < 4.78 is 6.42. The summed E-state index contributed by atoms with van der Waals surface area (Å²) in [6.45, 7) is 2.32. The van der Waals surface area contributed by atoms with Gasteiger partial charge in [0.2, 0.25) is 5.91 Å². The number of hydrogen-bond donors (Lipinski definition) is 1. The third-order valence-electron chi connectivity index (χ3n) is 2.94. The second-order valence-corrected chi connectivity index (χ2v) is 4.48. The van der Waals surface area contributed by atoms with Crippen molar-refractivity contribution in [3.8, 4) is 0 Å². The number of esters is 1. The quantitative estimate of drug-likeness (QED) is 0.641. The lowest BCUT2D eigenvalue weighted by atomic mass is 9.92. The number of carbonyl (C=O) groups excluding carboxylic acids is 2. The van der Waals surface area contributed by atoms with Gasteiger partial charge in [-0.05, 0) is 13.0 Å². The topological polar surface area (TPSA) is 73.2 Å². The van der Waals surface area contributed by atoms with E-state index >= 15 is 0 Å². The van der Waals surface area contributed by atoms with Crippen molar-refractivity contribution in [2.45, 2.75) is 12.8 Å². The molecule has 1 aromatic rings. The molecule has 0 saturated carbocycles. The summed E-state index contributed by atoms with van der Waals surface area (Å²) in [6.07, 6.45) is 0. The summed E-state index contributed by atoms with van der Waals surface area (Å²) in [5.41, 5.74) is 0.624. The minimum Gasteiger partial charge on any atom is -0.465 e. The number of aryl methyl sites for hydroxylation is 1. The minimum absolute atomic E-state index is 0.248. The predicted molar refractivity (Wildman–Crippen MR) is 64.1 cm³/mol. The molecule has 98 valence electrons. The Labute approximate surface area is 109 Å². The van der Waals surface area contributed by atoms with E-state index in [9.17, 15) is 9.59 Å². The molecule has 2 atom stereocenters. The number of carbonyl (C=O) groups is 2. The zero-order valence-corrected chi connectivity index (χ0v) is 10.9. The monoisotopic (exact) mass is 271 g/mol. The fourth-order valence-corrected chi connectivity index (χ4v) is 2.20. The van der Waals surface area contributed by atoms with Crippen LogP contribution in [0.5, 0.6) is 0 Å². The summed E-state index contributed by atoms with van der Waals surface area (Å²) in [5.74, 6) is -1.99. The highest BCUT2D eigenvalue weighted by Gasteiger charge is 2.43. The predicted octanol–water partition coefficient (Wildman–Crippen LogP) is 0.466. The number of nitrogens with one attached hydrogen (secondary N) is 1. The summed E-state index contributed by atoms with van der Waals surface area (Å²) >= 11 is 5.91. The molecule has 0 bridgehead atoms. The number of aromatic nitrogens is 2. The van der Waals surface area contributed by atoms with Gasteiger partial charge in [0, 0.05) is 19.5 Å². The lowest BCUT2D eigenvalue weighted by molar-refractivity contribution is -0.151. The SMILES string of the molecule is CCOC(=O)[C@H]1C(=O)NC[C@@H]1c1cc(Cl)n(C)n1. The average molecular weight is 272 g/mol. The maximum absolute atomic E-state index is 11.8. The second kappa shape index (κ2) is 4.97. The van der Waals surface area contributed by atoms with Crippen molar-refractivity contribution in [2.75, 3.05) is 13.2 Å². The smallest absolute Gasteiger partial charge is 0.319 e. The van der Waals surface area contributed by atoms with E-state index in [1.165, 1.54) is 4.68 Å². The van der Waals surface area contributed by atoms with Crippen molar-refractivity contribution in [1.82, 2.24) is 15.1 Å². The van der Waals surface area contributed by atoms with Crippen LogP contribution >= 0.6 is 11.6 Å². The van der Waals surface area contributed by atoms with Gasteiger partial charge in [-0.2, -0.15) is 5.10 Å². The largest absolute Gasteiger partial charge is 0.465 e. The van der Waals surface area contributed by atoms with Gasteiger partial charge in [-0.1, -0.05) is 11.6 Å². The highest BCUT2D eigenvalue weighted by Crippen LogP contribution is 2.30. The van der Waals surface area contributed by atoms with Crippen LogP contribution in [0.25, 0.3) is 0 Å². The molecule has 0 radical (unpaired) electrons. The van der Waals surface area contributed by atoms with Crippen LogP contribution < -0.4 is 5.32 Å². The fourth-order valence-electron chi connectivity index (χ4n) is 2.05. The summed E-state index contributed by atoms with van der Waals surface area (Å²) in [4.78, 5) is 23.5. The number of rotatable bonds is 3.